The fourth-order valence-electron chi connectivity index (χ4n) is 2.83. The van der Waals surface area contributed by atoms with E-state index in [9.17, 15) is 14.3 Å². The lowest BCUT2D eigenvalue weighted by molar-refractivity contribution is 0.0584. The minimum Gasteiger partial charge on any atom is -0.396 e. The number of carbonyl (C=O) groups is 1. The number of anilines is 1. The van der Waals surface area contributed by atoms with E-state index in [4.69, 9.17) is 5.73 Å². The summed E-state index contributed by atoms with van der Waals surface area (Å²) in [6.07, 6.45) is 5.25. The second-order valence-corrected chi connectivity index (χ2v) is 6.22. The van der Waals surface area contributed by atoms with Crippen LogP contribution in [0.1, 0.15) is 42.5 Å². The van der Waals surface area contributed by atoms with Gasteiger partial charge in [-0.05, 0) is 40.9 Å². The molecule has 4 nitrogen and oxygen atoms in total. The standard InChI is InChI=1S/C15H20BrFN2O2/c16-12-9-13(17)14(18)8-11(12)15(21)19(6-7-20)10-4-2-1-3-5-10/h8-10,20H,1-7,18H2. The van der Waals surface area contributed by atoms with Crippen molar-refractivity contribution in [2.45, 2.75) is 38.1 Å². The molecule has 1 aliphatic carbocycles. The number of aliphatic hydroxyl groups excluding tert-OH is 1. The number of nitrogens with two attached hydrogens (primary N) is 1. The average molecular weight is 359 g/mol. The van der Waals surface area contributed by atoms with Crippen LogP contribution in [0.4, 0.5) is 10.1 Å². The van der Waals surface area contributed by atoms with Gasteiger partial charge in [0.25, 0.3) is 5.91 Å². The van der Waals surface area contributed by atoms with Crippen LogP contribution in [0.25, 0.3) is 0 Å². The third-order valence-corrected chi connectivity index (χ3v) is 4.59. The molecule has 0 unspecified atom stereocenters. The summed E-state index contributed by atoms with van der Waals surface area (Å²) in [7, 11) is 0. The lowest BCUT2D eigenvalue weighted by atomic mass is 9.93. The smallest absolute Gasteiger partial charge is 0.255 e. The van der Waals surface area contributed by atoms with E-state index < -0.39 is 5.82 Å². The highest BCUT2D eigenvalue weighted by Gasteiger charge is 2.27. The molecule has 0 spiro atoms. The van der Waals surface area contributed by atoms with Gasteiger partial charge in [-0.25, -0.2) is 4.39 Å². The van der Waals surface area contributed by atoms with Crippen molar-refractivity contribution in [3.05, 3.63) is 28.0 Å². The summed E-state index contributed by atoms with van der Waals surface area (Å²) in [4.78, 5) is 14.4. The quantitative estimate of drug-likeness (QED) is 0.813. The van der Waals surface area contributed by atoms with Crippen molar-refractivity contribution in [3.8, 4) is 0 Å². The summed E-state index contributed by atoms with van der Waals surface area (Å²) < 4.78 is 13.8. The second kappa shape index (κ2) is 7.22. The van der Waals surface area contributed by atoms with Crippen molar-refractivity contribution in [1.82, 2.24) is 4.90 Å². The highest BCUT2D eigenvalue weighted by molar-refractivity contribution is 9.10. The van der Waals surface area contributed by atoms with Gasteiger partial charge < -0.3 is 15.7 Å². The van der Waals surface area contributed by atoms with Crippen molar-refractivity contribution >= 4 is 27.5 Å². The Morgan fingerprint density at radius 1 is 1.38 bits per heavy atom. The molecule has 0 aliphatic heterocycles. The van der Waals surface area contributed by atoms with Crippen molar-refractivity contribution < 1.29 is 14.3 Å². The Balaban J connectivity index is 2.27. The van der Waals surface area contributed by atoms with Gasteiger partial charge in [0, 0.05) is 17.1 Å². The third kappa shape index (κ3) is 3.74. The first-order chi connectivity index (χ1) is 10.0. The minimum absolute atomic E-state index is 0.0471. The summed E-state index contributed by atoms with van der Waals surface area (Å²) in [5.41, 5.74) is 5.86. The van der Waals surface area contributed by atoms with Crippen molar-refractivity contribution in [2.24, 2.45) is 0 Å². The van der Waals surface area contributed by atoms with Crippen LogP contribution >= 0.6 is 15.9 Å². The molecule has 0 atom stereocenters. The molecule has 0 saturated heterocycles. The van der Waals surface area contributed by atoms with Gasteiger partial charge in [0.05, 0.1) is 17.9 Å². The molecule has 1 aromatic rings. The molecule has 1 aromatic carbocycles. The molecule has 3 N–H and O–H groups in total. The number of hydrogen-bond donors (Lipinski definition) is 2. The van der Waals surface area contributed by atoms with Crippen LogP contribution in [-0.2, 0) is 0 Å². The number of carbonyl (C=O) groups excluding carboxylic acids is 1. The molecule has 0 heterocycles. The number of amides is 1. The average Bonchev–Trinajstić information content (AvgIpc) is 2.49. The molecular formula is C15H20BrFN2O2. The second-order valence-electron chi connectivity index (χ2n) is 5.37. The maximum absolute atomic E-state index is 13.4. The van der Waals surface area contributed by atoms with Gasteiger partial charge in [-0.3, -0.25) is 4.79 Å². The number of hydrogen-bond acceptors (Lipinski definition) is 3. The van der Waals surface area contributed by atoms with Gasteiger partial charge in [0.15, 0.2) is 0 Å². The summed E-state index contributed by atoms with van der Waals surface area (Å²) in [5, 5.41) is 9.24. The zero-order chi connectivity index (χ0) is 15.4. The van der Waals surface area contributed by atoms with Crippen molar-refractivity contribution in [2.75, 3.05) is 18.9 Å². The lowest BCUT2D eigenvalue weighted by Crippen LogP contribution is -2.43. The molecule has 1 fully saturated rings. The van der Waals surface area contributed by atoms with Gasteiger partial charge >= 0.3 is 0 Å². The van der Waals surface area contributed by atoms with Crippen LogP contribution in [0, 0.1) is 5.82 Å². The Bertz CT molecular complexity index is 519. The topological polar surface area (TPSA) is 66.6 Å². The Hall–Kier alpha value is -1.14. The molecule has 0 radical (unpaired) electrons. The maximum Gasteiger partial charge on any atom is 0.255 e. The molecule has 0 bridgehead atoms. The maximum atomic E-state index is 13.4. The van der Waals surface area contributed by atoms with E-state index in [0.717, 1.165) is 25.7 Å². The van der Waals surface area contributed by atoms with Gasteiger partial charge in [0.1, 0.15) is 5.82 Å². The predicted molar refractivity (Wildman–Crippen MR) is 83.5 cm³/mol. The van der Waals surface area contributed by atoms with E-state index in [1.807, 2.05) is 0 Å². The van der Waals surface area contributed by atoms with E-state index in [1.165, 1.54) is 18.6 Å². The van der Waals surface area contributed by atoms with E-state index in [0.29, 0.717) is 10.0 Å². The van der Waals surface area contributed by atoms with Crippen molar-refractivity contribution in [3.63, 3.8) is 0 Å². The molecule has 1 saturated carbocycles. The van der Waals surface area contributed by atoms with E-state index in [2.05, 4.69) is 15.9 Å². The van der Waals surface area contributed by atoms with E-state index >= 15 is 0 Å². The van der Waals surface area contributed by atoms with Crippen LogP contribution in [0.3, 0.4) is 0 Å². The molecule has 1 aliphatic rings. The first-order valence-corrected chi connectivity index (χ1v) is 8.00. The fraction of sp³-hybridized carbons (Fsp3) is 0.533. The van der Waals surface area contributed by atoms with Crippen LogP contribution in [0.2, 0.25) is 0 Å². The number of benzene rings is 1. The van der Waals surface area contributed by atoms with Crippen LogP contribution in [0.5, 0.6) is 0 Å². The predicted octanol–water partition coefficient (Wildman–Crippen LogP) is 2.94. The summed E-state index contributed by atoms with van der Waals surface area (Å²) >= 11 is 3.22. The summed E-state index contributed by atoms with van der Waals surface area (Å²) in [6, 6.07) is 2.70. The Morgan fingerprint density at radius 2 is 2.05 bits per heavy atom. The lowest BCUT2D eigenvalue weighted by Gasteiger charge is -2.34. The molecule has 0 aromatic heterocycles. The zero-order valence-electron chi connectivity index (χ0n) is 11.8. The number of halogens is 2. The first kappa shape index (κ1) is 16.2. The third-order valence-electron chi connectivity index (χ3n) is 3.93. The van der Waals surface area contributed by atoms with E-state index in [1.54, 1.807) is 4.90 Å². The number of rotatable bonds is 4. The van der Waals surface area contributed by atoms with Gasteiger partial charge in [-0.2, -0.15) is 0 Å². The molecular weight excluding hydrogens is 339 g/mol. The van der Waals surface area contributed by atoms with Crippen LogP contribution < -0.4 is 5.73 Å². The highest BCUT2D eigenvalue weighted by atomic mass is 79.9. The summed E-state index contributed by atoms with van der Waals surface area (Å²) in [6.45, 7) is 0.198. The highest BCUT2D eigenvalue weighted by Crippen LogP contribution is 2.28. The van der Waals surface area contributed by atoms with Gasteiger partial charge in [-0.1, -0.05) is 19.3 Å². The van der Waals surface area contributed by atoms with Crippen LogP contribution in [0.15, 0.2) is 16.6 Å². The molecule has 2 rings (SSSR count). The van der Waals surface area contributed by atoms with Crippen molar-refractivity contribution in [1.29, 1.82) is 0 Å². The molecule has 116 valence electrons. The van der Waals surface area contributed by atoms with Gasteiger partial charge in [-0.15, -0.1) is 0 Å². The Labute approximate surface area is 132 Å². The fourth-order valence-corrected chi connectivity index (χ4v) is 3.32. The van der Waals surface area contributed by atoms with E-state index in [-0.39, 0.29) is 30.8 Å². The minimum atomic E-state index is -0.551. The van der Waals surface area contributed by atoms with Crippen LogP contribution in [-0.4, -0.2) is 35.1 Å². The number of nitrogens with zero attached hydrogens (tertiary/aromatic N) is 1. The molecule has 6 heteroatoms. The molecule has 21 heavy (non-hydrogen) atoms. The first-order valence-electron chi connectivity index (χ1n) is 7.21. The normalized spacial score (nSPS) is 16.0. The monoisotopic (exact) mass is 358 g/mol. The largest absolute Gasteiger partial charge is 0.396 e. The van der Waals surface area contributed by atoms with Gasteiger partial charge in [0.2, 0.25) is 0 Å². The Kier molecular flexibility index (Phi) is 5.58. The SMILES string of the molecule is Nc1cc(C(=O)N(CCO)C2CCCCC2)c(Br)cc1F. The number of aliphatic hydroxyl groups is 1. The molecule has 1 amide bonds. The number of nitrogen functional groups attached to an aromatic ring is 1. The summed E-state index contributed by atoms with van der Waals surface area (Å²) in [5.74, 6) is -0.765. The Morgan fingerprint density at radius 3 is 2.67 bits per heavy atom. The zero-order valence-corrected chi connectivity index (χ0v) is 13.4.